The van der Waals surface area contributed by atoms with Crippen LogP contribution in [-0.2, 0) is 0 Å². The number of amides is 1. The van der Waals surface area contributed by atoms with Crippen molar-refractivity contribution in [2.45, 2.75) is 19.8 Å². The first-order valence-corrected chi connectivity index (χ1v) is 7.82. The molecule has 0 saturated carbocycles. The Kier molecular flexibility index (Phi) is 3.97. The van der Waals surface area contributed by atoms with E-state index in [2.05, 4.69) is 23.8 Å². The van der Waals surface area contributed by atoms with E-state index in [0.717, 1.165) is 5.69 Å². The predicted octanol–water partition coefficient (Wildman–Crippen LogP) is 2.54. The van der Waals surface area contributed by atoms with Gasteiger partial charge < -0.3 is 9.88 Å². The summed E-state index contributed by atoms with van der Waals surface area (Å²) >= 11 is 0. The van der Waals surface area contributed by atoms with Gasteiger partial charge in [0.1, 0.15) is 0 Å². The van der Waals surface area contributed by atoms with Gasteiger partial charge in [-0.3, -0.25) is 14.3 Å². The number of hydrogen-bond donors (Lipinski definition) is 1. The number of para-hydroxylation sites is 1. The SMILES string of the molecule is CC(C)c1ccc(-n2c(=O)[nH]c3c(C(=O)N(C)C)cccc32)cn1. The number of benzene rings is 1. The second-order valence-corrected chi connectivity index (χ2v) is 6.26. The molecular weight excluding hydrogens is 304 g/mol. The summed E-state index contributed by atoms with van der Waals surface area (Å²) < 4.78 is 1.54. The Morgan fingerprint density at radius 1 is 1.21 bits per heavy atom. The van der Waals surface area contributed by atoms with Crippen LogP contribution in [0.2, 0.25) is 0 Å². The Bertz CT molecular complexity index is 949. The summed E-state index contributed by atoms with van der Waals surface area (Å²) in [6.07, 6.45) is 1.68. The number of aromatic amines is 1. The van der Waals surface area contributed by atoms with Crippen LogP contribution in [0.5, 0.6) is 0 Å². The van der Waals surface area contributed by atoms with E-state index < -0.39 is 0 Å². The monoisotopic (exact) mass is 324 g/mol. The lowest BCUT2D eigenvalue weighted by molar-refractivity contribution is 0.0829. The van der Waals surface area contributed by atoms with Gasteiger partial charge in [0.15, 0.2) is 0 Å². The molecule has 24 heavy (non-hydrogen) atoms. The summed E-state index contributed by atoms with van der Waals surface area (Å²) in [6, 6.07) is 9.09. The van der Waals surface area contributed by atoms with E-state index in [4.69, 9.17) is 0 Å². The molecule has 0 spiro atoms. The number of rotatable bonds is 3. The van der Waals surface area contributed by atoms with Crippen molar-refractivity contribution in [3.8, 4) is 5.69 Å². The lowest BCUT2D eigenvalue weighted by atomic mass is 10.1. The molecule has 0 aliphatic rings. The Morgan fingerprint density at radius 3 is 2.54 bits per heavy atom. The molecule has 0 unspecified atom stereocenters. The van der Waals surface area contributed by atoms with Crippen LogP contribution in [-0.4, -0.2) is 39.4 Å². The van der Waals surface area contributed by atoms with Gasteiger partial charge in [-0.25, -0.2) is 4.79 Å². The summed E-state index contributed by atoms with van der Waals surface area (Å²) in [4.78, 5) is 33.5. The molecule has 1 amide bonds. The minimum atomic E-state index is -0.289. The molecule has 0 bridgehead atoms. The highest BCUT2D eigenvalue weighted by Crippen LogP contribution is 2.20. The van der Waals surface area contributed by atoms with Crippen LogP contribution in [0.15, 0.2) is 41.3 Å². The van der Waals surface area contributed by atoms with Gasteiger partial charge in [0.2, 0.25) is 0 Å². The number of fused-ring (bicyclic) bond motifs is 1. The average Bonchev–Trinajstić information content (AvgIpc) is 2.89. The zero-order valence-electron chi connectivity index (χ0n) is 14.2. The smallest absolute Gasteiger partial charge is 0.331 e. The third kappa shape index (κ3) is 2.60. The molecule has 0 aliphatic heterocycles. The Balaban J connectivity index is 2.19. The maximum Gasteiger partial charge on any atom is 0.331 e. The van der Waals surface area contributed by atoms with Crippen molar-refractivity contribution >= 4 is 16.9 Å². The van der Waals surface area contributed by atoms with E-state index in [1.807, 2.05) is 18.2 Å². The van der Waals surface area contributed by atoms with E-state index >= 15 is 0 Å². The number of aromatic nitrogens is 3. The third-order valence-electron chi connectivity index (χ3n) is 3.98. The molecule has 0 radical (unpaired) electrons. The third-order valence-corrected chi connectivity index (χ3v) is 3.98. The van der Waals surface area contributed by atoms with E-state index in [-0.39, 0.29) is 11.6 Å². The van der Waals surface area contributed by atoms with Crippen molar-refractivity contribution in [2.75, 3.05) is 14.1 Å². The van der Waals surface area contributed by atoms with Gasteiger partial charge in [0.05, 0.1) is 28.5 Å². The van der Waals surface area contributed by atoms with Crippen molar-refractivity contribution in [2.24, 2.45) is 0 Å². The largest absolute Gasteiger partial charge is 0.345 e. The predicted molar refractivity (Wildman–Crippen MR) is 93.8 cm³/mol. The van der Waals surface area contributed by atoms with Crippen LogP contribution < -0.4 is 5.69 Å². The molecule has 6 heteroatoms. The van der Waals surface area contributed by atoms with Crippen LogP contribution in [0.1, 0.15) is 35.8 Å². The molecule has 3 rings (SSSR count). The van der Waals surface area contributed by atoms with Gasteiger partial charge >= 0.3 is 5.69 Å². The fourth-order valence-electron chi connectivity index (χ4n) is 2.68. The zero-order valence-corrected chi connectivity index (χ0v) is 14.2. The quantitative estimate of drug-likeness (QED) is 0.805. The summed E-state index contributed by atoms with van der Waals surface area (Å²) in [5.41, 5.74) is 3.02. The maximum atomic E-state index is 12.5. The van der Waals surface area contributed by atoms with E-state index in [0.29, 0.717) is 28.2 Å². The Hall–Kier alpha value is -2.89. The lowest BCUT2D eigenvalue weighted by Gasteiger charge is -2.11. The minimum Gasteiger partial charge on any atom is -0.345 e. The molecule has 6 nitrogen and oxygen atoms in total. The van der Waals surface area contributed by atoms with Crippen LogP contribution in [0.25, 0.3) is 16.7 Å². The van der Waals surface area contributed by atoms with Crippen LogP contribution >= 0.6 is 0 Å². The fraction of sp³-hybridized carbons (Fsp3) is 0.278. The number of hydrogen-bond acceptors (Lipinski definition) is 3. The number of pyridine rings is 1. The second kappa shape index (κ2) is 5.96. The lowest BCUT2D eigenvalue weighted by Crippen LogP contribution is -2.22. The van der Waals surface area contributed by atoms with Gasteiger partial charge in [-0.15, -0.1) is 0 Å². The maximum absolute atomic E-state index is 12.5. The topological polar surface area (TPSA) is 71.0 Å². The normalized spacial score (nSPS) is 11.2. The van der Waals surface area contributed by atoms with Gasteiger partial charge in [-0.1, -0.05) is 19.9 Å². The van der Waals surface area contributed by atoms with Gasteiger partial charge in [0, 0.05) is 19.8 Å². The summed E-state index contributed by atoms with van der Waals surface area (Å²) in [5, 5.41) is 0. The van der Waals surface area contributed by atoms with Crippen LogP contribution in [0.4, 0.5) is 0 Å². The Labute approximate surface area is 139 Å². The van der Waals surface area contributed by atoms with Gasteiger partial charge in [-0.05, 0) is 30.2 Å². The first-order valence-electron chi connectivity index (χ1n) is 7.82. The van der Waals surface area contributed by atoms with Gasteiger partial charge in [0.25, 0.3) is 5.91 Å². The number of carbonyl (C=O) groups is 1. The summed E-state index contributed by atoms with van der Waals surface area (Å²) in [6.45, 7) is 4.14. The zero-order chi connectivity index (χ0) is 17.4. The molecule has 1 N–H and O–H groups in total. The molecule has 1 aromatic carbocycles. The number of nitrogens with one attached hydrogen (secondary N) is 1. The number of imidazole rings is 1. The minimum absolute atomic E-state index is 0.151. The van der Waals surface area contributed by atoms with Crippen molar-refractivity contribution in [3.05, 3.63) is 58.3 Å². The number of nitrogens with zero attached hydrogens (tertiary/aromatic N) is 3. The summed E-state index contributed by atoms with van der Waals surface area (Å²) in [7, 11) is 3.37. The number of carbonyl (C=O) groups excluding carboxylic acids is 1. The molecule has 2 heterocycles. The highest BCUT2D eigenvalue weighted by Gasteiger charge is 2.17. The standard InChI is InChI=1S/C18H20N4O2/c1-11(2)14-9-8-12(10-19-14)22-15-7-5-6-13(17(23)21(3)4)16(15)20-18(22)24/h5-11H,1-4H3,(H,20,24). The molecule has 2 aromatic heterocycles. The van der Waals surface area contributed by atoms with E-state index in [9.17, 15) is 9.59 Å². The van der Waals surface area contributed by atoms with Crippen molar-refractivity contribution < 1.29 is 4.79 Å². The van der Waals surface area contributed by atoms with Crippen molar-refractivity contribution in [3.63, 3.8) is 0 Å². The molecule has 3 aromatic rings. The second-order valence-electron chi connectivity index (χ2n) is 6.26. The summed E-state index contributed by atoms with van der Waals surface area (Å²) in [5.74, 6) is 0.172. The van der Waals surface area contributed by atoms with E-state index in [1.165, 1.54) is 4.90 Å². The number of H-pyrrole nitrogens is 1. The first kappa shape index (κ1) is 16.0. The molecule has 0 aliphatic carbocycles. The molecule has 0 atom stereocenters. The van der Waals surface area contributed by atoms with E-state index in [1.54, 1.807) is 37.0 Å². The van der Waals surface area contributed by atoms with Crippen LogP contribution in [0, 0.1) is 0 Å². The van der Waals surface area contributed by atoms with Crippen molar-refractivity contribution in [1.29, 1.82) is 0 Å². The molecular formula is C18H20N4O2. The highest BCUT2D eigenvalue weighted by molar-refractivity contribution is 6.04. The average molecular weight is 324 g/mol. The highest BCUT2D eigenvalue weighted by atomic mass is 16.2. The van der Waals surface area contributed by atoms with Gasteiger partial charge in [-0.2, -0.15) is 0 Å². The molecule has 124 valence electrons. The first-order chi connectivity index (χ1) is 11.4. The fourth-order valence-corrected chi connectivity index (χ4v) is 2.68. The molecule has 0 saturated heterocycles. The Morgan fingerprint density at radius 2 is 1.96 bits per heavy atom. The van der Waals surface area contributed by atoms with Crippen LogP contribution in [0.3, 0.4) is 0 Å². The van der Waals surface area contributed by atoms with Crippen molar-refractivity contribution in [1.82, 2.24) is 19.4 Å². The molecule has 0 fully saturated rings.